The molecule has 2 rings (SSSR count). The summed E-state index contributed by atoms with van der Waals surface area (Å²) in [6.07, 6.45) is 2.20. The molecule has 0 aliphatic rings. The van der Waals surface area contributed by atoms with Crippen LogP contribution in [0, 0.1) is 13.8 Å². The van der Waals surface area contributed by atoms with Crippen molar-refractivity contribution in [1.29, 1.82) is 0 Å². The fourth-order valence-corrected chi connectivity index (χ4v) is 2.70. The Labute approximate surface area is 141 Å². The maximum atomic E-state index is 11.7. The Bertz CT molecular complexity index is 660. The Kier molecular flexibility index (Phi) is 5.93. The standard InChI is InChI=1S/C18H21NO3S/c1-12-9-14(11-17(20)19-23-4)10-13(2)18(12)22-16-7-5-15(21-3)6-8-16/h5-10H,11H2,1-4H3,(H,19,20). The van der Waals surface area contributed by atoms with Gasteiger partial charge in [-0.25, -0.2) is 0 Å². The van der Waals surface area contributed by atoms with Crippen molar-refractivity contribution in [2.24, 2.45) is 0 Å². The Balaban J connectivity index is 2.17. The number of carbonyl (C=O) groups excluding carboxylic acids is 1. The summed E-state index contributed by atoms with van der Waals surface area (Å²) in [5.74, 6) is 2.37. The van der Waals surface area contributed by atoms with Crippen LogP contribution in [0.3, 0.4) is 0 Å². The number of rotatable bonds is 6. The summed E-state index contributed by atoms with van der Waals surface area (Å²) in [6, 6.07) is 11.5. The Morgan fingerprint density at radius 1 is 1.09 bits per heavy atom. The van der Waals surface area contributed by atoms with Gasteiger partial charge in [0.05, 0.1) is 13.5 Å². The average Bonchev–Trinajstić information content (AvgIpc) is 2.52. The molecule has 2 aromatic rings. The minimum absolute atomic E-state index is 0.000114. The molecule has 0 fully saturated rings. The summed E-state index contributed by atoms with van der Waals surface area (Å²) >= 11 is 1.31. The van der Waals surface area contributed by atoms with E-state index in [0.717, 1.165) is 33.9 Å². The SMILES string of the molecule is COc1ccc(Oc2c(C)cc(CC(=O)NSC)cc2C)cc1. The van der Waals surface area contributed by atoms with Gasteiger partial charge in [0.15, 0.2) is 0 Å². The molecular weight excluding hydrogens is 310 g/mol. The molecule has 2 aromatic carbocycles. The zero-order valence-corrected chi connectivity index (χ0v) is 14.6. The third-order valence-corrected chi connectivity index (χ3v) is 3.81. The first-order valence-electron chi connectivity index (χ1n) is 7.27. The van der Waals surface area contributed by atoms with Crippen LogP contribution in [0.15, 0.2) is 36.4 Å². The first-order chi connectivity index (χ1) is 11.0. The van der Waals surface area contributed by atoms with Crippen LogP contribution in [0.4, 0.5) is 0 Å². The molecule has 0 unspecified atom stereocenters. The lowest BCUT2D eigenvalue weighted by Gasteiger charge is -2.14. The highest BCUT2D eigenvalue weighted by molar-refractivity contribution is 7.97. The number of amides is 1. The second-order valence-electron chi connectivity index (χ2n) is 5.24. The smallest absolute Gasteiger partial charge is 0.234 e. The van der Waals surface area contributed by atoms with Crippen molar-refractivity contribution < 1.29 is 14.3 Å². The lowest BCUT2D eigenvalue weighted by atomic mass is 10.0. The van der Waals surface area contributed by atoms with Gasteiger partial charge in [0, 0.05) is 6.26 Å². The van der Waals surface area contributed by atoms with E-state index in [1.165, 1.54) is 11.9 Å². The number of benzene rings is 2. The van der Waals surface area contributed by atoms with Crippen LogP contribution in [0.1, 0.15) is 16.7 Å². The third kappa shape index (κ3) is 4.66. The van der Waals surface area contributed by atoms with Crippen LogP contribution in [0.5, 0.6) is 17.2 Å². The van der Waals surface area contributed by atoms with Gasteiger partial charge in [-0.05, 0) is 54.8 Å². The predicted molar refractivity (Wildman–Crippen MR) is 94.3 cm³/mol. The fourth-order valence-electron chi connectivity index (χ4n) is 2.40. The van der Waals surface area contributed by atoms with Crippen molar-refractivity contribution in [3.8, 4) is 17.2 Å². The number of ether oxygens (including phenoxy) is 2. The van der Waals surface area contributed by atoms with Crippen molar-refractivity contribution in [2.45, 2.75) is 20.3 Å². The van der Waals surface area contributed by atoms with Gasteiger partial charge in [-0.2, -0.15) is 0 Å². The molecule has 0 saturated carbocycles. The van der Waals surface area contributed by atoms with E-state index in [2.05, 4.69) is 4.72 Å². The van der Waals surface area contributed by atoms with E-state index in [4.69, 9.17) is 9.47 Å². The number of nitrogens with one attached hydrogen (secondary N) is 1. The largest absolute Gasteiger partial charge is 0.497 e. The van der Waals surface area contributed by atoms with Crippen LogP contribution in [0.25, 0.3) is 0 Å². The zero-order valence-electron chi connectivity index (χ0n) is 13.8. The van der Waals surface area contributed by atoms with Crippen molar-refractivity contribution in [2.75, 3.05) is 13.4 Å². The molecular formula is C18H21NO3S. The van der Waals surface area contributed by atoms with Crippen LogP contribution in [-0.4, -0.2) is 19.3 Å². The molecule has 1 N–H and O–H groups in total. The van der Waals surface area contributed by atoms with Gasteiger partial charge < -0.3 is 14.2 Å². The minimum atomic E-state index is 0.000114. The van der Waals surface area contributed by atoms with Crippen LogP contribution < -0.4 is 14.2 Å². The minimum Gasteiger partial charge on any atom is -0.497 e. The quantitative estimate of drug-likeness (QED) is 0.812. The van der Waals surface area contributed by atoms with Gasteiger partial charge in [0.2, 0.25) is 5.91 Å². The fraction of sp³-hybridized carbons (Fsp3) is 0.278. The Morgan fingerprint density at radius 3 is 2.17 bits per heavy atom. The maximum absolute atomic E-state index is 11.7. The van der Waals surface area contributed by atoms with Crippen molar-refractivity contribution in [1.82, 2.24) is 4.72 Å². The van der Waals surface area contributed by atoms with E-state index in [9.17, 15) is 4.79 Å². The molecule has 4 nitrogen and oxygen atoms in total. The molecule has 23 heavy (non-hydrogen) atoms. The second-order valence-corrected chi connectivity index (χ2v) is 5.85. The van der Waals surface area contributed by atoms with Gasteiger partial charge in [-0.15, -0.1) is 0 Å². The molecule has 0 aromatic heterocycles. The van der Waals surface area contributed by atoms with Crippen molar-refractivity contribution >= 4 is 17.9 Å². The number of aryl methyl sites for hydroxylation is 2. The summed E-state index contributed by atoms with van der Waals surface area (Å²) in [6.45, 7) is 3.98. The zero-order chi connectivity index (χ0) is 16.8. The molecule has 0 radical (unpaired) electrons. The topological polar surface area (TPSA) is 47.6 Å². The van der Waals surface area contributed by atoms with Gasteiger partial charge >= 0.3 is 0 Å². The van der Waals surface area contributed by atoms with Gasteiger partial charge in [-0.3, -0.25) is 4.79 Å². The first kappa shape index (κ1) is 17.2. The summed E-state index contributed by atoms with van der Waals surface area (Å²) < 4.78 is 13.9. The first-order valence-corrected chi connectivity index (χ1v) is 8.50. The maximum Gasteiger partial charge on any atom is 0.234 e. The van der Waals surface area contributed by atoms with Crippen molar-refractivity contribution in [3.63, 3.8) is 0 Å². The predicted octanol–water partition coefficient (Wildman–Crippen LogP) is 4.04. The normalized spacial score (nSPS) is 10.3. The highest BCUT2D eigenvalue weighted by Gasteiger charge is 2.10. The van der Waals surface area contributed by atoms with Crippen LogP contribution in [-0.2, 0) is 11.2 Å². The number of hydrogen-bond donors (Lipinski definition) is 1. The Morgan fingerprint density at radius 2 is 1.65 bits per heavy atom. The molecule has 0 aliphatic heterocycles. The van der Waals surface area contributed by atoms with E-state index in [1.54, 1.807) is 7.11 Å². The van der Waals surface area contributed by atoms with Gasteiger partial charge in [0.1, 0.15) is 17.2 Å². The van der Waals surface area contributed by atoms with Crippen LogP contribution >= 0.6 is 11.9 Å². The third-order valence-electron chi connectivity index (χ3n) is 3.38. The molecule has 5 heteroatoms. The summed E-state index contributed by atoms with van der Waals surface area (Å²) in [5, 5.41) is 0. The molecule has 1 amide bonds. The molecule has 0 atom stereocenters. The molecule has 122 valence electrons. The van der Waals surface area contributed by atoms with E-state index in [0.29, 0.717) is 6.42 Å². The number of methoxy groups -OCH3 is 1. The monoisotopic (exact) mass is 331 g/mol. The van der Waals surface area contributed by atoms with Crippen LogP contribution in [0.2, 0.25) is 0 Å². The van der Waals surface area contributed by atoms with Crippen molar-refractivity contribution in [3.05, 3.63) is 53.1 Å². The highest BCUT2D eigenvalue weighted by atomic mass is 32.2. The molecule has 0 heterocycles. The Hall–Kier alpha value is -2.14. The number of hydrogen-bond acceptors (Lipinski definition) is 4. The molecule has 0 spiro atoms. The summed E-state index contributed by atoms with van der Waals surface area (Å²) in [7, 11) is 1.64. The molecule has 0 saturated heterocycles. The average molecular weight is 331 g/mol. The highest BCUT2D eigenvalue weighted by Crippen LogP contribution is 2.30. The number of carbonyl (C=O) groups is 1. The van der Waals surface area contributed by atoms with Gasteiger partial charge in [-0.1, -0.05) is 24.1 Å². The summed E-state index contributed by atoms with van der Waals surface area (Å²) in [5.41, 5.74) is 2.99. The molecule has 0 bridgehead atoms. The summed E-state index contributed by atoms with van der Waals surface area (Å²) in [4.78, 5) is 11.7. The van der Waals surface area contributed by atoms with E-state index >= 15 is 0 Å². The lowest BCUT2D eigenvalue weighted by Crippen LogP contribution is -2.17. The van der Waals surface area contributed by atoms with E-state index in [1.807, 2.05) is 56.5 Å². The molecule has 0 aliphatic carbocycles. The lowest BCUT2D eigenvalue weighted by molar-refractivity contribution is -0.118. The van der Waals surface area contributed by atoms with Gasteiger partial charge in [0.25, 0.3) is 0 Å². The van der Waals surface area contributed by atoms with E-state index < -0.39 is 0 Å². The van der Waals surface area contributed by atoms with E-state index in [-0.39, 0.29) is 5.91 Å². The second kappa shape index (κ2) is 7.92.